The second-order valence-corrected chi connectivity index (χ2v) is 5.95. The SMILES string of the molecule is CC.CCOC.COc1cn(CC(N)=O)c(=O)cc1-c1cc(Cl)ccc1C(C)=O. The zero-order valence-corrected chi connectivity index (χ0v) is 18.5. The summed E-state index contributed by atoms with van der Waals surface area (Å²) in [7, 11) is 3.11. The largest absolute Gasteiger partial charge is 0.495 e. The van der Waals surface area contributed by atoms with E-state index in [1.54, 1.807) is 25.3 Å². The fourth-order valence-corrected chi connectivity index (χ4v) is 2.44. The molecule has 0 bridgehead atoms. The van der Waals surface area contributed by atoms with Crippen LogP contribution in [0.5, 0.6) is 5.75 Å². The fraction of sp³-hybridized carbons (Fsp3) is 0.381. The van der Waals surface area contributed by atoms with Crippen molar-refractivity contribution in [3.8, 4) is 16.9 Å². The van der Waals surface area contributed by atoms with Crippen LogP contribution in [0.3, 0.4) is 0 Å². The summed E-state index contributed by atoms with van der Waals surface area (Å²) < 4.78 is 11.0. The highest BCUT2D eigenvalue weighted by Crippen LogP contribution is 2.33. The molecule has 0 fully saturated rings. The van der Waals surface area contributed by atoms with Gasteiger partial charge in [0.15, 0.2) is 5.78 Å². The number of ether oxygens (including phenoxy) is 2. The summed E-state index contributed by atoms with van der Waals surface area (Å²) in [5.74, 6) is -0.482. The van der Waals surface area contributed by atoms with Gasteiger partial charge in [-0.1, -0.05) is 25.4 Å². The summed E-state index contributed by atoms with van der Waals surface area (Å²) in [6, 6.07) is 6.07. The highest BCUT2D eigenvalue weighted by Gasteiger charge is 2.16. The number of Topliss-reactive ketones (excluding diaryl/α,β-unsaturated/α-hetero) is 1. The summed E-state index contributed by atoms with van der Waals surface area (Å²) in [5.41, 5.74) is 6.01. The maximum absolute atomic E-state index is 12.2. The van der Waals surface area contributed by atoms with Crippen molar-refractivity contribution in [3.05, 3.63) is 51.4 Å². The Labute approximate surface area is 176 Å². The maximum atomic E-state index is 12.2. The van der Waals surface area contributed by atoms with Crippen molar-refractivity contribution < 1.29 is 19.1 Å². The molecule has 0 aliphatic rings. The predicted molar refractivity (Wildman–Crippen MR) is 116 cm³/mol. The predicted octanol–water partition coefficient (Wildman–Crippen LogP) is 3.54. The number of amides is 1. The van der Waals surface area contributed by atoms with Crippen LogP contribution in [0.4, 0.5) is 0 Å². The van der Waals surface area contributed by atoms with E-state index >= 15 is 0 Å². The molecule has 0 spiro atoms. The van der Waals surface area contributed by atoms with Crippen LogP contribution >= 0.6 is 11.6 Å². The summed E-state index contributed by atoms with van der Waals surface area (Å²) in [6.45, 7) is 7.94. The first-order valence-electron chi connectivity index (χ1n) is 9.11. The molecule has 7 nitrogen and oxygen atoms in total. The molecule has 0 saturated heterocycles. The Bertz CT molecular complexity index is 876. The van der Waals surface area contributed by atoms with Crippen LogP contribution in [0.1, 0.15) is 38.1 Å². The zero-order valence-electron chi connectivity index (χ0n) is 17.7. The Hall–Kier alpha value is -2.64. The molecular formula is C21H29ClN2O5. The van der Waals surface area contributed by atoms with Gasteiger partial charge in [-0.2, -0.15) is 0 Å². The minimum Gasteiger partial charge on any atom is -0.495 e. The number of rotatable bonds is 6. The molecule has 2 aromatic rings. The number of ketones is 1. The monoisotopic (exact) mass is 424 g/mol. The van der Waals surface area contributed by atoms with Crippen molar-refractivity contribution in [1.29, 1.82) is 0 Å². The lowest BCUT2D eigenvalue weighted by Gasteiger charge is -2.14. The Morgan fingerprint density at radius 2 is 1.72 bits per heavy atom. The number of aromatic nitrogens is 1. The number of halogens is 1. The first-order valence-corrected chi connectivity index (χ1v) is 9.49. The minimum atomic E-state index is -0.644. The molecule has 0 radical (unpaired) electrons. The van der Waals surface area contributed by atoms with Crippen LogP contribution in [0.15, 0.2) is 35.3 Å². The second-order valence-electron chi connectivity index (χ2n) is 5.51. The lowest BCUT2D eigenvalue weighted by atomic mass is 9.97. The molecule has 1 aromatic heterocycles. The first-order chi connectivity index (χ1) is 13.7. The molecule has 29 heavy (non-hydrogen) atoms. The smallest absolute Gasteiger partial charge is 0.251 e. The highest BCUT2D eigenvalue weighted by atomic mass is 35.5. The van der Waals surface area contributed by atoms with Gasteiger partial charge in [-0.25, -0.2) is 0 Å². The third kappa shape index (κ3) is 8.09. The van der Waals surface area contributed by atoms with Gasteiger partial charge in [-0.15, -0.1) is 0 Å². The van der Waals surface area contributed by atoms with Crippen molar-refractivity contribution in [2.24, 2.45) is 5.73 Å². The molecule has 1 amide bonds. The Balaban J connectivity index is 0.00000116. The minimum absolute atomic E-state index is 0.167. The lowest BCUT2D eigenvalue weighted by molar-refractivity contribution is -0.118. The maximum Gasteiger partial charge on any atom is 0.251 e. The molecule has 1 aromatic carbocycles. The summed E-state index contributed by atoms with van der Waals surface area (Å²) in [6.07, 6.45) is 1.38. The third-order valence-corrected chi connectivity index (χ3v) is 3.81. The number of carbonyl (C=O) groups is 2. The van der Waals surface area contributed by atoms with E-state index in [9.17, 15) is 14.4 Å². The Morgan fingerprint density at radius 1 is 1.14 bits per heavy atom. The number of pyridine rings is 1. The van der Waals surface area contributed by atoms with Gasteiger partial charge >= 0.3 is 0 Å². The van der Waals surface area contributed by atoms with E-state index in [4.69, 9.17) is 22.1 Å². The van der Waals surface area contributed by atoms with Crippen LogP contribution in [-0.4, -0.2) is 37.1 Å². The number of benzene rings is 1. The van der Waals surface area contributed by atoms with Crippen LogP contribution in [0, 0.1) is 0 Å². The summed E-state index contributed by atoms with van der Waals surface area (Å²) >= 11 is 6.01. The highest BCUT2D eigenvalue weighted by molar-refractivity contribution is 6.31. The lowest BCUT2D eigenvalue weighted by Crippen LogP contribution is -2.27. The van der Waals surface area contributed by atoms with Crippen molar-refractivity contribution >= 4 is 23.3 Å². The molecule has 8 heteroatoms. The average molecular weight is 425 g/mol. The first kappa shape index (κ1) is 26.4. The summed E-state index contributed by atoms with van der Waals surface area (Å²) in [5, 5.41) is 0.424. The molecule has 0 atom stereocenters. The van der Waals surface area contributed by atoms with Gasteiger partial charge in [0.1, 0.15) is 12.3 Å². The van der Waals surface area contributed by atoms with Gasteiger partial charge in [0.05, 0.1) is 13.3 Å². The van der Waals surface area contributed by atoms with Crippen LogP contribution in [-0.2, 0) is 16.1 Å². The zero-order chi connectivity index (χ0) is 22.6. The molecule has 160 valence electrons. The average Bonchev–Trinajstić information content (AvgIpc) is 2.70. The molecular weight excluding hydrogens is 396 g/mol. The normalized spacial score (nSPS) is 9.48. The van der Waals surface area contributed by atoms with Gasteiger partial charge < -0.3 is 19.8 Å². The topological polar surface area (TPSA) is 101 Å². The number of primary amides is 1. The van der Waals surface area contributed by atoms with E-state index in [1.807, 2.05) is 20.8 Å². The number of hydrogen-bond donors (Lipinski definition) is 1. The van der Waals surface area contributed by atoms with E-state index in [0.717, 1.165) is 11.2 Å². The molecule has 0 aliphatic carbocycles. The van der Waals surface area contributed by atoms with Crippen molar-refractivity contribution in [1.82, 2.24) is 4.57 Å². The Morgan fingerprint density at radius 3 is 2.17 bits per heavy atom. The molecule has 0 saturated carbocycles. The van der Waals surface area contributed by atoms with Crippen molar-refractivity contribution in [2.45, 2.75) is 34.2 Å². The van der Waals surface area contributed by atoms with Crippen LogP contribution in [0.2, 0.25) is 5.02 Å². The van der Waals surface area contributed by atoms with Crippen LogP contribution < -0.4 is 16.0 Å². The van der Waals surface area contributed by atoms with Gasteiger partial charge in [0, 0.05) is 35.9 Å². The van der Waals surface area contributed by atoms with Gasteiger partial charge in [0.2, 0.25) is 5.91 Å². The molecule has 2 rings (SSSR count). The number of hydrogen-bond acceptors (Lipinski definition) is 5. The van der Waals surface area contributed by atoms with E-state index < -0.39 is 11.5 Å². The molecule has 0 aliphatic heterocycles. The van der Waals surface area contributed by atoms with Crippen molar-refractivity contribution in [3.63, 3.8) is 0 Å². The van der Waals surface area contributed by atoms with Crippen molar-refractivity contribution in [2.75, 3.05) is 20.8 Å². The Kier molecular flexibility index (Phi) is 12.3. The van der Waals surface area contributed by atoms with E-state index in [-0.39, 0.29) is 12.3 Å². The molecule has 2 N–H and O–H groups in total. The quantitative estimate of drug-likeness (QED) is 0.714. The summed E-state index contributed by atoms with van der Waals surface area (Å²) in [4.78, 5) is 35.0. The van der Waals surface area contributed by atoms with E-state index in [1.165, 1.54) is 26.3 Å². The fourth-order valence-electron chi connectivity index (χ4n) is 2.26. The number of methoxy groups -OCH3 is 2. The van der Waals surface area contributed by atoms with Gasteiger partial charge in [-0.05, 0) is 37.6 Å². The number of carbonyl (C=O) groups excluding carboxylic acids is 2. The number of nitrogens with zero attached hydrogens (tertiary/aromatic N) is 1. The van der Waals surface area contributed by atoms with E-state index in [0.29, 0.717) is 27.5 Å². The molecule has 0 unspecified atom stereocenters. The van der Waals surface area contributed by atoms with Gasteiger partial charge in [0.25, 0.3) is 5.56 Å². The van der Waals surface area contributed by atoms with Gasteiger partial charge in [-0.3, -0.25) is 14.4 Å². The third-order valence-electron chi connectivity index (χ3n) is 3.58. The van der Waals surface area contributed by atoms with E-state index in [2.05, 4.69) is 4.74 Å². The second kappa shape index (κ2) is 13.5. The standard InChI is InChI=1S/C16H15ClN2O4.C3H8O.C2H6/c1-9(20)11-4-3-10(17)5-12(11)13-6-16(22)19(8-15(18)21)7-14(13)23-2;1-3-4-2;1-2/h3-7H,8H2,1-2H3,(H2,18,21);3H2,1-2H3;1-2H3. The number of nitrogens with two attached hydrogens (primary N) is 1. The van der Waals surface area contributed by atoms with Crippen LogP contribution in [0.25, 0.3) is 11.1 Å². The molecule has 1 heterocycles.